The minimum atomic E-state index is -0.112. The highest BCUT2D eigenvalue weighted by Crippen LogP contribution is 2.65. The Kier molecular flexibility index (Phi) is 5.52. The maximum atomic E-state index is 14.9. The van der Waals surface area contributed by atoms with Crippen LogP contribution in [0, 0.1) is 87.3 Å². The third-order valence-electron chi connectivity index (χ3n) is 16.5. The molecule has 3 nitrogen and oxygen atoms in total. The van der Waals surface area contributed by atoms with Gasteiger partial charge >= 0.3 is 0 Å². The lowest BCUT2D eigenvalue weighted by Gasteiger charge is -2.59. The molecule has 0 saturated heterocycles. The summed E-state index contributed by atoms with van der Waals surface area (Å²) in [5.41, 5.74) is -0.335. The van der Waals surface area contributed by atoms with Gasteiger partial charge in [-0.2, -0.15) is 0 Å². The number of hydrogen-bond acceptors (Lipinski definition) is 3. The maximum Gasteiger partial charge on any atom is 0.142 e. The van der Waals surface area contributed by atoms with Crippen molar-refractivity contribution < 1.29 is 14.4 Å². The highest BCUT2D eigenvalue weighted by molar-refractivity contribution is 5.94. The quantitative estimate of drug-likeness (QED) is 0.322. The molecule has 13 saturated carbocycles. The standard InChI is InChI=1S/C39H54O3/c40-34(37-13-22-1-23(14-37)3-24(2-22)15-37)31-10-32(35(41)38-16-25-4-26(17-38)6-27(5-25)18-38)12-33(11-31)36(42)39-19-28-7-29(20-39)9-30(8-28)21-39/h22-33H,1-21H2. The van der Waals surface area contributed by atoms with Crippen molar-refractivity contribution in [1.29, 1.82) is 0 Å². The van der Waals surface area contributed by atoms with E-state index < -0.39 is 0 Å². The summed E-state index contributed by atoms with van der Waals surface area (Å²) in [7, 11) is 0. The third-order valence-corrected chi connectivity index (χ3v) is 16.5. The van der Waals surface area contributed by atoms with E-state index in [0.717, 1.165) is 130 Å². The molecule has 42 heavy (non-hydrogen) atoms. The maximum absolute atomic E-state index is 14.9. The van der Waals surface area contributed by atoms with E-state index in [4.69, 9.17) is 0 Å². The van der Waals surface area contributed by atoms with Crippen LogP contribution in [-0.4, -0.2) is 17.3 Å². The van der Waals surface area contributed by atoms with Crippen LogP contribution in [0.3, 0.4) is 0 Å². The Hall–Kier alpha value is -0.990. The molecule has 12 bridgehead atoms. The van der Waals surface area contributed by atoms with Crippen molar-refractivity contribution in [2.45, 2.75) is 135 Å². The van der Waals surface area contributed by atoms with Gasteiger partial charge in [0, 0.05) is 34.0 Å². The second kappa shape index (κ2) is 8.84. The molecule has 0 amide bonds. The van der Waals surface area contributed by atoms with E-state index in [2.05, 4.69) is 0 Å². The number of carbonyl (C=O) groups is 3. The van der Waals surface area contributed by atoms with Crippen molar-refractivity contribution in [3.8, 4) is 0 Å². The first-order chi connectivity index (χ1) is 20.3. The molecular weight excluding hydrogens is 516 g/mol. The lowest BCUT2D eigenvalue weighted by molar-refractivity contribution is -0.159. The largest absolute Gasteiger partial charge is 0.299 e. The Labute approximate surface area is 253 Å². The zero-order chi connectivity index (χ0) is 28.0. The van der Waals surface area contributed by atoms with E-state index in [9.17, 15) is 14.4 Å². The molecule has 0 atom stereocenters. The monoisotopic (exact) mass is 570 g/mol. The van der Waals surface area contributed by atoms with Crippen molar-refractivity contribution in [3.63, 3.8) is 0 Å². The molecule has 0 heterocycles. The number of Topliss-reactive ketones (excluding diaryl/α,β-unsaturated/α-hetero) is 3. The fourth-order valence-electron chi connectivity index (χ4n) is 16.5. The SMILES string of the molecule is O=C(C1CC(C(=O)C23CC4CC(CC(C4)C2)C3)CC(C(=O)C23CC4CC(CC(C4)C2)C3)C1)C12CC3CC(CC(C3)C1)C2. The van der Waals surface area contributed by atoms with Gasteiger partial charge in [-0.05, 0) is 188 Å². The van der Waals surface area contributed by atoms with E-state index in [1.807, 2.05) is 0 Å². The molecule has 228 valence electrons. The summed E-state index contributed by atoms with van der Waals surface area (Å²) in [4.78, 5) is 44.6. The molecular formula is C39H54O3. The van der Waals surface area contributed by atoms with Crippen molar-refractivity contribution >= 4 is 17.3 Å². The van der Waals surface area contributed by atoms with Crippen molar-refractivity contribution in [3.05, 3.63) is 0 Å². The topological polar surface area (TPSA) is 51.2 Å². The molecule has 0 radical (unpaired) electrons. The molecule has 0 aromatic rings. The molecule has 13 fully saturated rings. The van der Waals surface area contributed by atoms with Crippen LogP contribution in [0.1, 0.15) is 135 Å². The molecule has 0 aliphatic heterocycles. The van der Waals surface area contributed by atoms with Gasteiger partial charge in [0.2, 0.25) is 0 Å². The Bertz CT molecular complexity index is 949. The first-order valence-electron chi connectivity index (χ1n) is 18.9. The van der Waals surface area contributed by atoms with Gasteiger partial charge in [-0.1, -0.05) is 0 Å². The number of rotatable bonds is 6. The summed E-state index contributed by atoms with van der Waals surface area (Å²) in [5.74, 6) is 8.34. The van der Waals surface area contributed by atoms with Gasteiger partial charge in [0.15, 0.2) is 0 Å². The molecule has 3 heteroatoms. The lowest BCUT2D eigenvalue weighted by Crippen LogP contribution is -2.56. The van der Waals surface area contributed by atoms with Crippen molar-refractivity contribution in [1.82, 2.24) is 0 Å². The number of hydrogen-bond donors (Lipinski definition) is 0. The summed E-state index contributed by atoms with van der Waals surface area (Å²) in [6.07, 6.45) is 24.7. The summed E-state index contributed by atoms with van der Waals surface area (Å²) < 4.78 is 0. The van der Waals surface area contributed by atoms with Crippen LogP contribution >= 0.6 is 0 Å². The lowest BCUT2D eigenvalue weighted by atomic mass is 9.45. The molecule has 0 aromatic carbocycles. The Morgan fingerprint density at radius 2 is 0.452 bits per heavy atom. The highest BCUT2D eigenvalue weighted by Gasteiger charge is 2.61. The molecule has 0 N–H and O–H groups in total. The van der Waals surface area contributed by atoms with E-state index in [0.29, 0.717) is 17.3 Å². The second-order valence-electron chi connectivity index (χ2n) is 19.5. The minimum absolute atomic E-state index is 0.0410. The van der Waals surface area contributed by atoms with E-state index >= 15 is 0 Å². The van der Waals surface area contributed by atoms with Crippen molar-refractivity contribution in [2.75, 3.05) is 0 Å². The molecule has 13 aliphatic carbocycles. The van der Waals surface area contributed by atoms with Gasteiger partial charge in [0.25, 0.3) is 0 Å². The van der Waals surface area contributed by atoms with Crippen molar-refractivity contribution in [2.24, 2.45) is 87.3 Å². The smallest absolute Gasteiger partial charge is 0.142 e. The van der Waals surface area contributed by atoms with Gasteiger partial charge in [-0.15, -0.1) is 0 Å². The molecule has 0 aromatic heterocycles. The van der Waals surface area contributed by atoms with E-state index in [1.165, 1.54) is 57.8 Å². The fourth-order valence-corrected chi connectivity index (χ4v) is 16.5. The van der Waals surface area contributed by atoms with Crippen LogP contribution in [0.5, 0.6) is 0 Å². The summed E-state index contributed by atoms with van der Waals surface area (Å²) in [6, 6.07) is 0. The molecule has 0 spiro atoms. The zero-order valence-corrected chi connectivity index (χ0v) is 26.0. The normalized spacial score (nSPS) is 58.0. The van der Waals surface area contributed by atoms with Crippen LogP contribution in [0.2, 0.25) is 0 Å². The van der Waals surface area contributed by atoms with Crippen LogP contribution in [0.4, 0.5) is 0 Å². The Morgan fingerprint density at radius 3 is 0.619 bits per heavy atom. The highest BCUT2D eigenvalue weighted by atomic mass is 16.1. The summed E-state index contributed by atoms with van der Waals surface area (Å²) in [5, 5.41) is 0. The average Bonchev–Trinajstić information content (AvgIpc) is 2.93. The Morgan fingerprint density at radius 1 is 0.286 bits per heavy atom. The van der Waals surface area contributed by atoms with Crippen LogP contribution < -0.4 is 0 Å². The fraction of sp³-hybridized carbons (Fsp3) is 0.923. The van der Waals surface area contributed by atoms with Gasteiger partial charge in [-0.25, -0.2) is 0 Å². The van der Waals surface area contributed by atoms with Gasteiger partial charge in [-0.3, -0.25) is 14.4 Å². The molecule has 13 aliphatic rings. The molecule has 13 rings (SSSR count). The predicted octanol–water partition coefficient (Wildman–Crippen LogP) is 8.38. The first-order valence-corrected chi connectivity index (χ1v) is 18.9. The van der Waals surface area contributed by atoms with Gasteiger partial charge in [0.1, 0.15) is 17.3 Å². The van der Waals surface area contributed by atoms with E-state index in [1.54, 1.807) is 0 Å². The predicted molar refractivity (Wildman–Crippen MR) is 161 cm³/mol. The average molecular weight is 571 g/mol. The number of carbonyl (C=O) groups excluding carboxylic acids is 3. The van der Waals surface area contributed by atoms with Crippen LogP contribution in [0.15, 0.2) is 0 Å². The zero-order valence-electron chi connectivity index (χ0n) is 26.0. The first kappa shape index (κ1) is 26.2. The Balaban J connectivity index is 0.973. The summed E-state index contributed by atoms with van der Waals surface area (Å²) in [6.45, 7) is 0. The molecule has 0 unspecified atom stereocenters. The van der Waals surface area contributed by atoms with Gasteiger partial charge < -0.3 is 0 Å². The van der Waals surface area contributed by atoms with Crippen LogP contribution in [-0.2, 0) is 14.4 Å². The second-order valence-corrected chi connectivity index (χ2v) is 19.5. The minimum Gasteiger partial charge on any atom is -0.299 e. The van der Waals surface area contributed by atoms with Gasteiger partial charge in [0.05, 0.1) is 0 Å². The van der Waals surface area contributed by atoms with E-state index in [-0.39, 0.29) is 34.0 Å². The summed E-state index contributed by atoms with van der Waals surface area (Å²) >= 11 is 0. The third kappa shape index (κ3) is 3.79. The van der Waals surface area contributed by atoms with Crippen LogP contribution in [0.25, 0.3) is 0 Å². The number of ketones is 3.